The first-order chi connectivity index (χ1) is 6.81. The van der Waals surface area contributed by atoms with Crippen LogP contribution < -0.4 is 5.48 Å². The molecule has 5 heteroatoms. The number of hydrogen-bond acceptors (Lipinski definition) is 3. The molecular formula is C10H17N3O2. The summed E-state index contributed by atoms with van der Waals surface area (Å²) in [6, 6.07) is 0. The smallest absolute Gasteiger partial charge is 0.278 e. The van der Waals surface area contributed by atoms with Crippen LogP contribution in [0.3, 0.4) is 0 Å². The molecule has 0 atom stereocenters. The van der Waals surface area contributed by atoms with Gasteiger partial charge in [-0.1, -0.05) is 0 Å². The lowest BCUT2D eigenvalue weighted by molar-refractivity contribution is -0.0590. The summed E-state index contributed by atoms with van der Waals surface area (Å²) in [6.07, 6.45) is 0. The molecule has 0 fully saturated rings. The van der Waals surface area contributed by atoms with Crippen LogP contribution in [0.2, 0.25) is 0 Å². The van der Waals surface area contributed by atoms with Gasteiger partial charge in [0, 0.05) is 5.69 Å². The minimum atomic E-state index is -0.402. The second kappa shape index (κ2) is 4.02. The van der Waals surface area contributed by atoms with Crippen LogP contribution in [0.4, 0.5) is 0 Å². The molecule has 1 aromatic rings. The second-order valence-corrected chi connectivity index (χ2v) is 4.45. The average molecular weight is 211 g/mol. The Balaban J connectivity index is 2.70. The van der Waals surface area contributed by atoms with Crippen molar-refractivity contribution in [3.8, 4) is 0 Å². The molecule has 0 aliphatic rings. The van der Waals surface area contributed by atoms with E-state index >= 15 is 0 Å². The zero-order valence-electron chi connectivity index (χ0n) is 9.76. The van der Waals surface area contributed by atoms with Crippen LogP contribution in [0.1, 0.15) is 42.5 Å². The molecular weight excluding hydrogens is 194 g/mol. The van der Waals surface area contributed by atoms with Crippen LogP contribution >= 0.6 is 0 Å². The van der Waals surface area contributed by atoms with E-state index in [1.807, 2.05) is 20.8 Å². The number of aryl methyl sites for hydroxylation is 2. The third-order valence-electron chi connectivity index (χ3n) is 1.81. The third-order valence-corrected chi connectivity index (χ3v) is 1.81. The molecule has 0 aromatic carbocycles. The summed E-state index contributed by atoms with van der Waals surface area (Å²) in [5.41, 5.74) is 3.95. The summed E-state index contributed by atoms with van der Waals surface area (Å²) in [4.78, 5) is 16.9. The molecule has 1 rings (SSSR count). The number of hydroxylamine groups is 1. The van der Waals surface area contributed by atoms with Gasteiger partial charge in [-0.15, -0.1) is 0 Å². The number of carbonyl (C=O) groups excluding carboxylic acids is 1. The number of aromatic amines is 1. The van der Waals surface area contributed by atoms with E-state index in [1.54, 1.807) is 13.8 Å². The van der Waals surface area contributed by atoms with Crippen LogP contribution in [-0.4, -0.2) is 21.7 Å². The number of rotatable bonds is 2. The van der Waals surface area contributed by atoms with Crippen LogP contribution in [0.25, 0.3) is 0 Å². The Morgan fingerprint density at radius 2 is 2.00 bits per heavy atom. The molecule has 5 nitrogen and oxygen atoms in total. The molecule has 1 aromatic heterocycles. The lowest BCUT2D eigenvalue weighted by Crippen LogP contribution is -2.34. The number of nitrogens with one attached hydrogen (secondary N) is 2. The molecule has 0 bridgehead atoms. The van der Waals surface area contributed by atoms with Crippen molar-refractivity contribution in [3.05, 3.63) is 17.0 Å². The van der Waals surface area contributed by atoms with Gasteiger partial charge in [0.2, 0.25) is 0 Å². The highest BCUT2D eigenvalue weighted by atomic mass is 16.7. The van der Waals surface area contributed by atoms with Gasteiger partial charge in [0.1, 0.15) is 0 Å². The monoisotopic (exact) mass is 211 g/mol. The molecule has 0 aliphatic heterocycles. The number of nitrogens with zero attached hydrogens (tertiary/aromatic N) is 1. The molecule has 0 unspecified atom stereocenters. The Morgan fingerprint density at radius 1 is 1.40 bits per heavy atom. The van der Waals surface area contributed by atoms with Gasteiger partial charge in [-0.3, -0.25) is 14.7 Å². The Kier molecular flexibility index (Phi) is 3.14. The van der Waals surface area contributed by atoms with Gasteiger partial charge >= 0.3 is 0 Å². The average Bonchev–Trinajstić information content (AvgIpc) is 2.41. The molecule has 1 heterocycles. The lowest BCUT2D eigenvalue weighted by Gasteiger charge is -2.18. The number of hydrogen-bond donors (Lipinski definition) is 2. The van der Waals surface area contributed by atoms with E-state index in [9.17, 15) is 4.79 Å². The zero-order valence-corrected chi connectivity index (χ0v) is 9.76. The molecule has 0 saturated carbocycles. The van der Waals surface area contributed by atoms with Crippen molar-refractivity contribution in [3.63, 3.8) is 0 Å². The highest BCUT2D eigenvalue weighted by Crippen LogP contribution is 2.10. The van der Waals surface area contributed by atoms with Gasteiger partial charge < -0.3 is 0 Å². The topological polar surface area (TPSA) is 67.0 Å². The van der Waals surface area contributed by atoms with Gasteiger partial charge in [-0.05, 0) is 34.6 Å². The third kappa shape index (κ3) is 3.06. The molecule has 1 amide bonds. The van der Waals surface area contributed by atoms with Crippen LogP contribution in [0.15, 0.2) is 0 Å². The van der Waals surface area contributed by atoms with E-state index in [1.165, 1.54) is 0 Å². The van der Waals surface area contributed by atoms with E-state index in [0.29, 0.717) is 11.3 Å². The predicted octanol–water partition coefficient (Wildman–Crippen LogP) is 1.49. The van der Waals surface area contributed by atoms with Crippen molar-refractivity contribution in [2.75, 3.05) is 0 Å². The van der Waals surface area contributed by atoms with Gasteiger partial charge in [0.05, 0.1) is 16.9 Å². The molecule has 2 N–H and O–H groups in total. The molecule has 0 radical (unpaired) electrons. The van der Waals surface area contributed by atoms with Crippen molar-refractivity contribution in [2.45, 2.75) is 40.2 Å². The second-order valence-electron chi connectivity index (χ2n) is 4.45. The summed E-state index contributed by atoms with van der Waals surface area (Å²) in [5.74, 6) is -0.270. The van der Waals surface area contributed by atoms with Gasteiger partial charge in [0.25, 0.3) is 5.91 Å². The van der Waals surface area contributed by atoms with Gasteiger partial charge in [-0.2, -0.15) is 5.10 Å². The number of aromatic nitrogens is 2. The highest BCUT2D eigenvalue weighted by Gasteiger charge is 2.18. The van der Waals surface area contributed by atoms with Crippen molar-refractivity contribution < 1.29 is 9.63 Å². The van der Waals surface area contributed by atoms with E-state index in [-0.39, 0.29) is 5.91 Å². The van der Waals surface area contributed by atoms with Gasteiger partial charge in [-0.25, -0.2) is 5.48 Å². The Morgan fingerprint density at radius 3 is 2.40 bits per heavy atom. The minimum Gasteiger partial charge on any atom is -0.282 e. The SMILES string of the molecule is Cc1n[nH]c(C)c1C(=O)NOC(C)(C)C. The number of carbonyl (C=O) groups is 1. The first-order valence-corrected chi connectivity index (χ1v) is 4.81. The molecule has 0 spiro atoms. The van der Waals surface area contributed by atoms with Crippen LogP contribution in [0, 0.1) is 13.8 Å². The van der Waals surface area contributed by atoms with E-state index in [2.05, 4.69) is 15.7 Å². The number of amides is 1. The summed E-state index contributed by atoms with van der Waals surface area (Å²) in [6.45, 7) is 9.16. The highest BCUT2D eigenvalue weighted by molar-refractivity contribution is 5.95. The van der Waals surface area contributed by atoms with E-state index < -0.39 is 5.60 Å². The van der Waals surface area contributed by atoms with Crippen molar-refractivity contribution in [2.24, 2.45) is 0 Å². The lowest BCUT2D eigenvalue weighted by atomic mass is 10.2. The quantitative estimate of drug-likeness (QED) is 0.728. The van der Waals surface area contributed by atoms with E-state index in [0.717, 1.165) is 5.69 Å². The fourth-order valence-electron chi connectivity index (χ4n) is 1.14. The van der Waals surface area contributed by atoms with Crippen LogP contribution in [0.5, 0.6) is 0 Å². The maximum absolute atomic E-state index is 11.7. The minimum absolute atomic E-state index is 0.270. The Hall–Kier alpha value is -1.36. The summed E-state index contributed by atoms with van der Waals surface area (Å²) < 4.78 is 0. The first kappa shape index (κ1) is 11.7. The largest absolute Gasteiger partial charge is 0.282 e. The van der Waals surface area contributed by atoms with Crippen LogP contribution in [-0.2, 0) is 4.84 Å². The normalized spacial score (nSPS) is 11.5. The Labute approximate surface area is 89.2 Å². The van der Waals surface area contributed by atoms with Crippen molar-refractivity contribution >= 4 is 5.91 Å². The summed E-state index contributed by atoms with van der Waals surface area (Å²) >= 11 is 0. The molecule has 0 saturated heterocycles. The molecule has 15 heavy (non-hydrogen) atoms. The standard InChI is InChI=1S/C10H17N3O2/c1-6-8(7(2)12-11-6)9(14)13-15-10(3,4)5/h1-5H3,(H,11,12)(H,13,14). The van der Waals surface area contributed by atoms with Crippen molar-refractivity contribution in [1.29, 1.82) is 0 Å². The zero-order chi connectivity index (χ0) is 11.6. The molecule has 0 aliphatic carbocycles. The Bertz CT molecular complexity index is 344. The number of H-pyrrole nitrogens is 1. The fraction of sp³-hybridized carbons (Fsp3) is 0.600. The maximum atomic E-state index is 11.7. The van der Waals surface area contributed by atoms with Crippen molar-refractivity contribution in [1.82, 2.24) is 15.7 Å². The molecule has 84 valence electrons. The summed E-state index contributed by atoms with van der Waals surface area (Å²) in [5, 5.41) is 6.69. The fourth-order valence-corrected chi connectivity index (χ4v) is 1.14. The van der Waals surface area contributed by atoms with E-state index in [4.69, 9.17) is 4.84 Å². The first-order valence-electron chi connectivity index (χ1n) is 4.81. The predicted molar refractivity (Wildman–Crippen MR) is 56.4 cm³/mol. The summed E-state index contributed by atoms with van der Waals surface area (Å²) in [7, 11) is 0. The van der Waals surface area contributed by atoms with Gasteiger partial charge in [0.15, 0.2) is 0 Å². The maximum Gasteiger partial charge on any atom is 0.278 e.